The van der Waals surface area contributed by atoms with Crippen LogP contribution in [0, 0.1) is 0 Å². The monoisotopic (exact) mass is 647 g/mol. The second kappa shape index (κ2) is 13.2. The standard InChI is InChI=1S/C22H21BrF2NO5PS3.Na.H/c23-21-11-17(5-10-20(21)22(24,25)32(27,28)29)13-33-12-15-1-3-16(4-2-15)14-34-18-6-8-19(9-7-18)35(26,30)31;;/h1-11H,12-14H2,(H2,26,30,31)(H2,27,28,29);;/q;+1;-1. The molecule has 190 valence electrons. The van der Waals surface area contributed by atoms with Crippen molar-refractivity contribution in [2.75, 3.05) is 0 Å². The molecule has 0 bridgehead atoms. The third-order valence-corrected chi connectivity index (χ3v) is 9.56. The second-order valence-corrected chi connectivity index (χ2v) is 13.6. The van der Waals surface area contributed by atoms with E-state index in [4.69, 9.17) is 14.9 Å². The fraction of sp³-hybridized carbons (Fsp3) is 0.182. The number of halogens is 3. The molecule has 6 nitrogen and oxygen atoms in total. The van der Waals surface area contributed by atoms with Crippen LogP contribution in [0.3, 0.4) is 0 Å². The van der Waals surface area contributed by atoms with E-state index in [1.54, 1.807) is 35.7 Å². The van der Waals surface area contributed by atoms with E-state index in [-0.39, 0.29) is 40.4 Å². The van der Waals surface area contributed by atoms with E-state index in [0.717, 1.165) is 27.7 Å². The molecule has 36 heavy (non-hydrogen) atoms. The van der Waals surface area contributed by atoms with E-state index in [9.17, 15) is 21.8 Å². The largest absolute Gasteiger partial charge is 1.00 e. The van der Waals surface area contributed by atoms with Crippen molar-refractivity contribution in [3.8, 4) is 0 Å². The molecule has 0 saturated heterocycles. The molecule has 0 fully saturated rings. The van der Waals surface area contributed by atoms with Crippen molar-refractivity contribution in [2.24, 2.45) is 5.14 Å². The maximum atomic E-state index is 13.9. The maximum absolute atomic E-state index is 13.9. The van der Waals surface area contributed by atoms with Crippen molar-refractivity contribution >= 4 is 57.1 Å². The molecule has 0 radical (unpaired) electrons. The van der Waals surface area contributed by atoms with Crippen molar-refractivity contribution in [3.05, 3.63) is 93.5 Å². The molecule has 0 heterocycles. The van der Waals surface area contributed by atoms with Crippen molar-refractivity contribution in [1.82, 2.24) is 0 Å². The van der Waals surface area contributed by atoms with Gasteiger partial charge >= 0.3 is 42.8 Å². The van der Waals surface area contributed by atoms with Gasteiger partial charge in [0.2, 0.25) is 10.0 Å². The summed E-state index contributed by atoms with van der Waals surface area (Å²) in [4.78, 5) is 18.8. The molecule has 0 aliphatic rings. The third-order valence-electron chi connectivity index (χ3n) is 4.84. The molecule has 14 heteroatoms. The normalized spacial score (nSPS) is 12.3. The first kappa shape index (κ1) is 32.0. The summed E-state index contributed by atoms with van der Waals surface area (Å²) in [5.74, 6) is 1.94. The summed E-state index contributed by atoms with van der Waals surface area (Å²) in [6, 6.07) is 18.3. The number of nitrogens with two attached hydrogens (primary N) is 1. The fourth-order valence-corrected chi connectivity index (χ4v) is 6.61. The Labute approximate surface area is 249 Å². The first-order chi connectivity index (χ1) is 16.3. The van der Waals surface area contributed by atoms with Crippen molar-refractivity contribution in [3.63, 3.8) is 0 Å². The summed E-state index contributed by atoms with van der Waals surface area (Å²) in [5, 5.41) is 5.10. The SMILES string of the molecule is NS(=O)(=O)c1ccc(SCc2ccc(CSCc3ccc(C(F)(F)P(=O)(O)O)c(Br)c3)cc2)cc1.[H-].[Na+]. The molecule has 3 rings (SSSR count). The number of sulfonamides is 1. The molecule has 0 spiro atoms. The van der Waals surface area contributed by atoms with Crippen LogP contribution in [0.15, 0.2) is 81.0 Å². The third kappa shape index (κ3) is 8.64. The molecule has 0 amide bonds. The maximum Gasteiger partial charge on any atom is 1.00 e. The number of benzene rings is 3. The Balaban J connectivity index is 0.00000342. The van der Waals surface area contributed by atoms with Crippen LogP contribution in [0.25, 0.3) is 0 Å². The molecule has 0 aromatic heterocycles. The Kier molecular flexibility index (Phi) is 11.7. The van der Waals surface area contributed by atoms with Gasteiger partial charge in [-0.3, -0.25) is 4.57 Å². The molecule has 0 aliphatic heterocycles. The minimum Gasteiger partial charge on any atom is -1.00 e. The van der Waals surface area contributed by atoms with Crippen molar-refractivity contribution < 1.29 is 62.5 Å². The number of thioether (sulfide) groups is 2. The van der Waals surface area contributed by atoms with E-state index in [2.05, 4.69) is 15.9 Å². The number of hydrogen-bond donors (Lipinski definition) is 3. The van der Waals surface area contributed by atoms with Gasteiger partial charge in [-0.1, -0.05) is 52.3 Å². The van der Waals surface area contributed by atoms with Crippen LogP contribution in [0.1, 0.15) is 23.7 Å². The van der Waals surface area contributed by atoms with Gasteiger partial charge in [0.25, 0.3) is 0 Å². The number of alkyl halides is 2. The summed E-state index contributed by atoms with van der Waals surface area (Å²) in [5.41, 5.74) is -2.07. The fourth-order valence-electron chi connectivity index (χ4n) is 2.96. The zero-order valence-electron chi connectivity index (χ0n) is 20.0. The van der Waals surface area contributed by atoms with Crippen molar-refractivity contribution in [2.45, 2.75) is 32.7 Å². The molecule has 3 aromatic carbocycles. The number of primary sulfonamides is 1. The van der Waals surface area contributed by atoms with Gasteiger partial charge in [0.1, 0.15) is 0 Å². The Morgan fingerprint density at radius 1 is 0.917 bits per heavy atom. The smallest absolute Gasteiger partial charge is 1.00 e. The first-order valence-electron chi connectivity index (χ1n) is 9.91. The van der Waals surface area contributed by atoms with E-state index in [1.807, 2.05) is 24.3 Å². The summed E-state index contributed by atoms with van der Waals surface area (Å²) < 4.78 is 61.6. The number of rotatable bonds is 10. The Morgan fingerprint density at radius 2 is 1.42 bits per heavy atom. The number of hydrogen-bond acceptors (Lipinski definition) is 5. The average molecular weight is 648 g/mol. The minimum atomic E-state index is -5.63. The predicted octanol–water partition coefficient (Wildman–Crippen LogP) is 3.17. The first-order valence-corrected chi connectivity index (χ1v) is 16.0. The molecule has 0 unspecified atom stereocenters. The molecule has 3 aromatic rings. The summed E-state index contributed by atoms with van der Waals surface area (Å²) in [6.45, 7) is 0. The van der Waals surface area contributed by atoms with Gasteiger partial charge in [-0.25, -0.2) is 13.6 Å². The zero-order valence-corrected chi connectivity index (χ0v) is 25.9. The van der Waals surface area contributed by atoms with Crippen LogP contribution in [0.4, 0.5) is 8.78 Å². The van der Waals surface area contributed by atoms with Crippen molar-refractivity contribution in [1.29, 1.82) is 0 Å². The van der Waals surface area contributed by atoms with Gasteiger partial charge in [0.05, 0.1) is 4.90 Å². The zero-order chi connectivity index (χ0) is 25.9. The van der Waals surface area contributed by atoms with Gasteiger partial charge < -0.3 is 11.2 Å². The molecule has 0 aliphatic carbocycles. The van der Waals surface area contributed by atoms with Gasteiger partial charge in [0.15, 0.2) is 0 Å². The Bertz CT molecular complexity index is 1350. The minimum absolute atomic E-state index is 0. The van der Waals surface area contributed by atoms with Crippen LogP contribution in [-0.2, 0) is 37.5 Å². The van der Waals surface area contributed by atoms with E-state index >= 15 is 0 Å². The summed E-state index contributed by atoms with van der Waals surface area (Å²) in [6.07, 6.45) is 0. The molecule has 4 N–H and O–H groups in total. The predicted molar refractivity (Wildman–Crippen MR) is 140 cm³/mol. The van der Waals surface area contributed by atoms with Gasteiger partial charge in [-0.15, -0.1) is 11.8 Å². The molecular formula is C22H22BrF2NNaO5PS3. The van der Waals surface area contributed by atoms with Gasteiger partial charge in [0, 0.05) is 32.2 Å². The van der Waals surface area contributed by atoms with Crippen LogP contribution in [0.5, 0.6) is 0 Å². The second-order valence-electron chi connectivity index (χ2n) is 7.51. The van der Waals surface area contributed by atoms with Crippen LogP contribution in [0.2, 0.25) is 0 Å². The van der Waals surface area contributed by atoms with E-state index < -0.39 is 28.8 Å². The summed E-state index contributed by atoms with van der Waals surface area (Å²) >= 11 is 6.15. The van der Waals surface area contributed by atoms with E-state index in [1.165, 1.54) is 24.3 Å². The van der Waals surface area contributed by atoms with Crippen LogP contribution in [-0.4, -0.2) is 18.2 Å². The quantitative estimate of drug-likeness (QED) is 0.176. The molecule has 0 saturated carbocycles. The molecular weight excluding hydrogens is 626 g/mol. The molecule has 0 atom stereocenters. The van der Waals surface area contributed by atoms with E-state index in [0.29, 0.717) is 17.3 Å². The Hall–Kier alpha value is -0.240. The van der Waals surface area contributed by atoms with Gasteiger partial charge in [-0.2, -0.15) is 20.5 Å². The summed E-state index contributed by atoms with van der Waals surface area (Å²) in [7, 11) is -9.33. The van der Waals surface area contributed by atoms with Crippen LogP contribution < -0.4 is 34.7 Å². The van der Waals surface area contributed by atoms with Crippen LogP contribution >= 0.6 is 47.0 Å². The Morgan fingerprint density at radius 3 is 1.92 bits per heavy atom. The van der Waals surface area contributed by atoms with Gasteiger partial charge in [-0.05, 0) is 47.0 Å². The average Bonchev–Trinajstić information content (AvgIpc) is 2.77. The topological polar surface area (TPSA) is 118 Å².